The number of furan rings is 1. The van der Waals surface area contributed by atoms with Crippen molar-refractivity contribution in [3.05, 3.63) is 50.6 Å². The van der Waals surface area contributed by atoms with Gasteiger partial charge in [-0.2, -0.15) is 13.2 Å². The lowest BCUT2D eigenvalue weighted by Crippen LogP contribution is -2.63. The standard InChI is InChI=1S/C17H17F3N4O5/c1-15(2,3)12(26)23-16(17(18,19)20)9-10(21-13(16)27)24(14(28)22-11(9)25)7-8-5-4-6-29-8/h4-6H,7H2,1-3H3,(H,21,27)(H,23,26)(H,22,25,28)/t16-/m0/s1. The molecule has 12 heteroatoms. The Balaban J connectivity index is 2.28. The summed E-state index contributed by atoms with van der Waals surface area (Å²) in [6, 6.07) is 2.95. The first-order valence-corrected chi connectivity index (χ1v) is 8.40. The highest BCUT2D eigenvalue weighted by Crippen LogP contribution is 2.45. The Morgan fingerprint density at radius 1 is 1.24 bits per heavy atom. The van der Waals surface area contributed by atoms with Crippen LogP contribution in [0.5, 0.6) is 0 Å². The molecule has 3 N–H and O–H groups in total. The third kappa shape index (κ3) is 3.13. The first-order valence-electron chi connectivity index (χ1n) is 8.40. The minimum atomic E-state index is -5.37. The van der Waals surface area contributed by atoms with Crippen molar-refractivity contribution in [2.45, 2.75) is 39.0 Å². The summed E-state index contributed by atoms with van der Waals surface area (Å²) >= 11 is 0. The summed E-state index contributed by atoms with van der Waals surface area (Å²) in [5.74, 6) is -3.27. The largest absolute Gasteiger partial charge is 0.467 e. The Kier molecular flexibility index (Phi) is 4.48. The molecule has 2 aromatic heterocycles. The molecular formula is C17H17F3N4O5. The average Bonchev–Trinajstić information content (AvgIpc) is 3.17. The molecule has 156 valence electrons. The van der Waals surface area contributed by atoms with E-state index in [2.05, 4.69) is 0 Å². The predicted molar refractivity (Wildman–Crippen MR) is 93.1 cm³/mol. The second kappa shape index (κ2) is 6.36. The number of hydrogen-bond donors (Lipinski definition) is 3. The maximum absolute atomic E-state index is 14.1. The molecule has 0 saturated heterocycles. The molecule has 0 fully saturated rings. The molecule has 0 aromatic carbocycles. The number of aromatic nitrogens is 2. The molecule has 0 radical (unpaired) electrons. The summed E-state index contributed by atoms with van der Waals surface area (Å²) < 4.78 is 48.3. The quantitative estimate of drug-likeness (QED) is 0.692. The number of hydrogen-bond acceptors (Lipinski definition) is 5. The van der Waals surface area contributed by atoms with Gasteiger partial charge in [0.25, 0.3) is 11.5 Å². The number of amides is 2. The number of rotatable bonds is 3. The van der Waals surface area contributed by atoms with Crippen LogP contribution < -0.4 is 21.9 Å². The zero-order valence-electron chi connectivity index (χ0n) is 15.6. The van der Waals surface area contributed by atoms with Crippen LogP contribution in [-0.2, 0) is 21.7 Å². The van der Waals surface area contributed by atoms with E-state index in [1.165, 1.54) is 39.2 Å². The fourth-order valence-corrected chi connectivity index (χ4v) is 2.89. The number of halogens is 3. The van der Waals surface area contributed by atoms with Crippen LogP contribution >= 0.6 is 0 Å². The molecule has 0 unspecified atom stereocenters. The van der Waals surface area contributed by atoms with E-state index in [4.69, 9.17) is 4.42 Å². The Morgan fingerprint density at radius 3 is 2.41 bits per heavy atom. The van der Waals surface area contributed by atoms with E-state index in [9.17, 15) is 32.3 Å². The van der Waals surface area contributed by atoms with Gasteiger partial charge >= 0.3 is 11.9 Å². The van der Waals surface area contributed by atoms with Crippen molar-refractivity contribution in [3.8, 4) is 0 Å². The number of carbonyl (C=O) groups is 2. The van der Waals surface area contributed by atoms with Crippen molar-refractivity contribution in [2.24, 2.45) is 5.41 Å². The summed E-state index contributed by atoms with van der Waals surface area (Å²) in [7, 11) is 0. The zero-order valence-corrected chi connectivity index (χ0v) is 15.6. The third-order valence-corrected chi connectivity index (χ3v) is 4.45. The van der Waals surface area contributed by atoms with E-state index >= 15 is 0 Å². The molecule has 1 aliphatic rings. The fraction of sp³-hybridized carbons (Fsp3) is 0.412. The van der Waals surface area contributed by atoms with Crippen LogP contribution in [0.1, 0.15) is 32.1 Å². The molecule has 2 aromatic rings. The van der Waals surface area contributed by atoms with Crippen LogP contribution in [0.4, 0.5) is 19.0 Å². The molecule has 3 rings (SSSR count). The highest BCUT2D eigenvalue weighted by atomic mass is 19.4. The molecule has 0 bridgehead atoms. The second-order valence-electron chi connectivity index (χ2n) is 7.55. The van der Waals surface area contributed by atoms with Gasteiger partial charge in [-0.25, -0.2) is 4.79 Å². The molecular weight excluding hydrogens is 397 g/mol. The Bertz CT molecular complexity index is 1090. The summed E-state index contributed by atoms with van der Waals surface area (Å²) in [5.41, 5.74) is -8.55. The smallest absolute Gasteiger partial charge is 0.425 e. The van der Waals surface area contributed by atoms with Crippen molar-refractivity contribution >= 4 is 17.6 Å². The van der Waals surface area contributed by atoms with Crippen LogP contribution in [0.2, 0.25) is 0 Å². The zero-order chi connectivity index (χ0) is 21.8. The minimum absolute atomic E-state index is 0.193. The minimum Gasteiger partial charge on any atom is -0.467 e. The van der Waals surface area contributed by atoms with E-state index in [0.29, 0.717) is 0 Å². The Labute approximate surface area is 160 Å². The van der Waals surface area contributed by atoms with Crippen LogP contribution in [0, 0.1) is 5.41 Å². The molecule has 0 aliphatic carbocycles. The molecule has 3 heterocycles. The van der Waals surface area contributed by atoms with E-state index in [-0.39, 0.29) is 12.3 Å². The van der Waals surface area contributed by atoms with Gasteiger partial charge in [-0.3, -0.25) is 23.9 Å². The number of fused-ring (bicyclic) bond motifs is 1. The lowest BCUT2D eigenvalue weighted by atomic mass is 9.88. The van der Waals surface area contributed by atoms with Crippen molar-refractivity contribution in [1.82, 2.24) is 14.9 Å². The van der Waals surface area contributed by atoms with Crippen molar-refractivity contribution < 1.29 is 27.2 Å². The number of nitrogens with zero attached hydrogens (tertiary/aromatic N) is 1. The van der Waals surface area contributed by atoms with Crippen LogP contribution in [0.25, 0.3) is 0 Å². The van der Waals surface area contributed by atoms with Crippen molar-refractivity contribution in [1.29, 1.82) is 0 Å². The summed E-state index contributed by atoms with van der Waals surface area (Å²) in [4.78, 5) is 51.3. The van der Waals surface area contributed by atoms with E-state index in [1.807, 2.05) is 5.32 Å². The molecule has 0 spiro atoms. The van der Waals surface area contributed by atoms with E-state index in [0.717, 1.165) is 4.57 Å². The van der Waals surface area contributed by atoms with Crippen LogP contribution in [0.3, 0.4) is 0 Å². The first kappa shape index (κ1) is 20.4. The van der Waals surface area contributed by atoms with Crippen LogP contribution in [-0.4, -0.2) is 27.5 Å². The van der Waals surface area contributed by atoms with Crippen molar-refractivity contribution in [2.75, 3.05) is 5.32 Å². The molecule has 2 amide bonds. The van der Waals surface area contributed by atoms with E-state index < -0.39 is 51.6 Å². The number of H-pyrrole nitrogens is 1. The van der Waals surface area contributed by atoms with Gasteiger partial charge in [0.15, 0.2) is 0 Å². The Morgan fingerprint density at radius 2 is 1.90 bits per heavy atom. The van der Waals surface area contributed by atoms with Crippen LogP contribution in [0.15, 0.2) is 32.4 Å². The fourth-order valence-electron chi connectivity index (χ4n) is 2.89. The molecule has 1 atom stereocenters. The van der Waals surface area contributed by atoms with Gasteiger partial charge in [-0.1, -0.05) is 20.8 Å². The topological polar surface area (TPSA) is 126 Å². The summed E-state index contributed by atoms with van der Waals surface area (Å²) in [6.07, 6.45) is -4.09. The highest BCUT2D eigenvalue weighted by Gasteiger charge is 2.68. The second-order valence-corrected chi connectivity index (χ2v) is 7.55. The maximum Gasteiger partial charge on any atom is 0.425 e. The number of nitrogens with one attached hydrogen (secondary N) is 3. The summed E-state index contributed by atoms with van der Waals surface area (Å²) in [6.45, 7) is 3.69. The molecule has 1 aliphatic heterocycles. The third-order valence-electron chi connectivity index (χ3n) is 4.45. The van der Waals surface area contributed by atoms with E-state index in [1.54, 1.807) is 10.3 Å². The van der Waals surface area contributed by atoms with Gasteiger partial charge < -0.3 is 15.1 Å². The number of anilines is 1. The van der Waals surface area contributed by atoms with Gasteiger partial charge in [-0.05, 0) is 12.1 Å². The highest BCUT2D eigenvalue weighted by molar-refractivity contribution is 6.07. The normalized spacial score (nSPS) is 19.0. The van der Waals surface area contributed by atoms with Gasteiger partial charge in [0.05, 0.1) is 12.8 Å². The van der Waals surface area contributed by atoms with Gasteiger partial charge in [0.1, 0.15) is 17.1 Å². The number of alkyl halides is 3. The lowest BCUT2D eigenvalue weighted by molar-refractivity contribution is -0.201. The number of aromatic amines is 1. The SMILES string of the molecule is CC(C)(C)C(=O)N[C@]1(C(F)(F)F)C(=O)Nc2c1c(=O)[nH]c(=O)n2Cc1ccco1. The number of carbonyl (C=O) groups excluding carboxylic acids is 2. The molecule has 9 nitrogen and oxygen atoms in total. The Hall–Kier alpha value is -3.31. The monoisotopic (exact) mass is 414 g/mol. The van der Waals surface area contributed by atoms with Crippen molar-refractivity contribution in [3.63, 3.8) is 0 Å². The average molecular weight is 414 g/mol. The summed E-state index contributed by atoms with van der Waals surface area (Å²) in [5, 5.41) is 3.63. The molecule has 0 saturated carbocycles. The maximum atomic E-state index is 14.1. The van der Waals surface area contributed by atoms with Gasteiger partial charge in [-0.15, -0.1) is 0 Å². The first-order chi connectivity index (χ1) is 13.3. The molecule has 29 heavy (non-hydrogen) atoms. The lowest BCUT2D eigenvalue weighted by Gasteiger charge is -2.32. The van der Waals surface area contributed by atoms with Gasteiger partial charge in [0, 0.05) is 5.41 Å². The predicted octanol–water partition coefficient (Wildman–Crippen LogP) is 1.05. The van der Waals surface area contributed by atoms with Gasteiger partial charge in [0.2, 0.25) is 11.4 Å².